The highest BCUT2D eigenvalue weighted by Gasteiger charge is 2.27. The topological polar surface area (TPSA) is 77.0 Å². The van der Waals surface area contributed by atoms with Crippen molar-refractivity contribution in [2.24, 2.45) is 11.7 Å². The Balaban J connectivity index is 1.75. The summed E-state index contributed by atoms with van der Waals surface area (Å²) in [6.45, 7) is 1.95. The number of likely N-dealkylation sites (tertiary alicyclic amines) is 1. The Morgan fingerprint density at radius 1 is 1.38 bits per heavy atom. The van der Waals surface area contributed by atoms with Crippen molar-refractivity contribution in [2.75, 3.05) is 19.6 Å². The first-order valence-electron chi connectivity index (χ1n) is 6.85. The molecular formula is C14H16FN5O. The van der Waals surface area contributed by atoms with Gasteiger partial charge in [0.25, 0.3) is 5.91 Å². The molecule has 2 heterocycles. The van der Waals surface area contributed by atoms with Gasteiger partial charge in [-0.25, -0.2) is 9.07 Å². The number of aromatic nitrogens is 3. The molecule has 1 amide bonds. The molecule has 1 saturated heterocycles. The van der Waals surface area contributed by atoms with E-state index >= 15 is 0 Å². The number of nitrogens with zero attached hydrogens (tertiary/aromatic N) is 4. The van der Waals surface area contributed by atoms with E-state index in [1.165, 1.54) is 16.8 Å². The maximum absolute atomic E-state index is 12.9. The van der Waals surface area contributed by atoms with Crippen LogP contribution in [0, 0.1) is 11.7 Å². The van der Waals surface area contributed by atoms with Crippen molar-refractivity contribution in [2.45, 2.75) is 6.42 Å². The second kappa shape index (κ2) is 5.61. The Kier molecular flexibility index (Phi) is 3.66. The lowest BCUT2D eigenvalue weighted by Gasteiger charge is -2.13. The van der Waals surface area contributed by atoms with Gasteiger partial charge in [-0.3, -0.25) is 4.79 Å². The van der Waals surface area contributed by atoms with E-state index in [0.717, 1.165) is 6.42 Å². The monoisotopic (exact) mass is 289 g/mol. The summed E-state index contributed by atoms with van der Waals surface area (Å²) in [7, 11) is 0. The van der Waals surface area contributed by atoms with Crippen molar-refractivity contribution >= 4 is 5.91 Å². The second-order valence-corrected chi connectivity index (χ2v) is 5.17. The fourth-order valence-electron chi connectivity index (χ4n) is 2.45. The molecule has 2 N–H and O–H groups in total. The van der Waals surface area contributed by atoms with E-state index in [2.05, 4.69) is 10.3 Å². The van der Waals surface area contributed by atoms with E-state index in [-0.39, 0.29) is 17.4 Å². The Labute approximate surface area is 121 Å². The van der Waals surface area contributed by atoms with Crippen LogP contribution in [0.4, 0.5) is 4.39 Å². The molecule has 7 heteroatoms. The highest BCUT2D eigenvalue weighted by molar-refractivity contribution is 5.92. The SMILES string of the molecule is NC[C@H]1CCN(C(=O)c2cn(-c3ccc(F)cc3)nn2)C1. The fraction of sp³-hybridized carbons (Fsp3) is 0.357. The third-order valence-corrected chi connectivity index (χ3v) is 3.71. The zero-order valence-electron chi connectivity index (χ0n) is 11.4. The lowest BCUT2D eigenvalue weighted by Crippen LogP contribution is -2.30. The molecule has 1 aromatic heterocycles. The van der Waals surface area contributed by atoms with Crippen LogP contribution >= 0.6 is 0 Å². The normalized spacial score (nSPS) is 18.2. The van der Waals surface area contributed by atoms with Gasteiger partial charge in [-0.2, -0.15) is 0 Å². The minimum absolute atomic E-state index is 0.140. The number of carbonyl (C=O) groups excluding carboxylic acids is 1. The molecule has 0 saturated carbocycles. The fourth-order valence-corrected chi connectivity index (χ4v) is 2.45. The Hall–Kier alpha value is -2.28. The summed E-state index contributed by atoms with van der Waals surface area (Å²) in [4.78, 5) is 14.1. The predicted molar refractivity (Wildman–Crippen MR) is 74.4 cm³/mol. The standard InChI is InChI=1S/C14H16FN5O/c15-11-1-3-12(4-2-11)20-9-13(17-18-20)14(21)19-6-5-10(7-16)8-19/h1-4,9-10H,5-8,16H2/t10-/m1/s1. The van der Waals surface area contributed by atoms with Crippen molar-refractivity contribution in [1.29, 1.82) is 0 Å². The summed E-state index contributed by atoms with van der Waals surface area (Å²) < 4.78 is 14.4. The van der Waals surface area contributed by atoms with Crippen LogP contribution < -0.4 is 5.73 Å². The Bertz CT molecular complexity index is 639. The van der Waals surface area contributed by atoms with Gasteiger partial charge in [0, 0.05) is 13.1 Å². The van der Waals surface area contributed by atoms with E-state index < -0.39 is 0 Å². The van der Waals surface area contributed by atoms with Crippen molar-refractivity contribution in [3.05, 3.63) is 42.0 Å². The predicted octanol–water partition coefficient (Wildman–Crippen LogP) is 0.827. The molecule has 0 spiro atoms. The zero-order chi connectivity index (χ0) is 14.8. The van der Waals surface area contributed by atoms with Crippen LogP contribution in [-0.4, -0.2) is 45.4 Å². The molecule has 1 aliphatic rings. The van der Waals surface area contributed by atoms with Crippen molar-refractivity contribution in [3.8, 4) is 5.69 Å². The summed E-state index contributed by atoms with van der Waals surface area (Å²) in [5.74, 6) is -0.0968. The first kappa shape index (κ1) is 13.7. The van der Waals surface area contributed by atoms with Gasteiger partial charge in [-0.1, -0.05) is 5.21 Å². The molecule has 1 aromatic carbocycles. The molecule has 110 valence electrons. The molecule has 1 aliphatic heterocycles. The van der Waals surface area contributed by atoms with Crippen LogP contribution in [0.5, 0.6) is 0 Å². The first-order chi connectivity index (χ1) is 10.2. The van der Waals surface area contributed by atoms with Crippen molar-refractivity contribution in [3.63, 3.8) is 0 Å². The minimum atomic E-state index is -0.319. The molecule has 2 aromatic rings. The molecule has 0 unspecified atom stereocenters. The quantitative estimate of drug-likeness (QED) is 0.908. The van der Waals surface area contributed by atoms with Gasteiger partial charge in [0.15, 0.2) is 5.69 Å². The number of hydrogen-bond acceptors (Lipinski definition) is 4. The maximum Gasteiger partial charge on any atom is 0.276 e. The van der Waals surface area contributed by atoms with Gasteiger partial charge in [0.05, 0.1) is 11.9 Å². The number of hydrogen-bond donors (Lipinski definition) is 1. The van der Waals surface area contributed by atoms with E-state index in [0.29, 0.717) is 31.2 Å². The minimum Gasteiger partial charge on any atom is -0.337 e. The largest absolute Gasteiger partial charge is 0.337 e. The van der Waals surface area contributed by atoms with Gasteiger partial charge in [-0.15, -0.1) is 5.10 Å². The third-order valence-electron chi connectivity index (χ3n) is 3.71. The van der Waals surface area contributed by atoms with E-state index in [9.17, 15) is 9.18 Å². The Morgan fingerprint density at radius 3 is 2.81 bits per heavy atom. The summed E-state index contributed by atoms with van der Waals surface area (Å²) >= 11 is 0. The molecule has 3 rings (SSSR count). The third kappa shape index (κ3) is 2.78. The summed E-state index contributed by atoms with van der Waals surface area (Å²) in [5.41, 5.74) is 6.57. The van der Waals surface area contributed by atoms with Crippen LogP contribution in [-0.2, 0) is 0 Å². The maximum atomic E-state index is 12.9. The average molecular weight is 289 g/mol. The number of benzene rings is 1. The second-order valence-electron chi connectivity index (χ2n) is 5.17. The molecule has 0 aliphatic carbocycles. The van der Waals surface area contributed by atoms with Gasteiger partial charge < -0.3 is 10.6 Å². The van der Waals surface area contributed by atoms with Gasteiger partial charge in [0.2, 0.25) is 0 Å². The molecule has 0 radical (unpaired) electrons. The van der Waals surface area contributed by atoms with Gasteiger partial charge in [0.1, 0.15) is 5.82 Å². The van der Waals surface area contributed by atoms with Crippen molar-refractivity contribution in [1.82, 2.24) is 19.9 Å². The van der Waals surface area contributed by atoms with E-state index in [4.69, 9.17) is 5.73 Å². The molecule has 6 nitrogen and oxygen atoms in total. The Morgan fingerprint density at radius 2 is 2.14 bits per heavy atom. The highest BCUT2D eigenvalue weighted by atomic mass is 19.1. The van der Waals surface area contributed by atoms with Crippen LogP contribution in [0.15, 0.2) is 30.5 Å². The smallest absolute Gasteiger partial charge is 0.276 e. The van der Waals surface area contributed by atoms with Crippen LogP contribution in [0.2, 0.25) is 0 Å². The molecule has 1 fully saturated rings. The molecule has 21 heavy (non-hydrogen) atoms. The van der Waals surface area contributed by atoms with Crippen LogP contribution in [0.3, 0.4) is 0 Å². The summed E-state index contributed by atoms with van der Waals surface area (Å²) in [6.07, 6.45) is 2.49. The lowest BCUT2D eigenvalue weighted by molar-refractivity contribution is 0.0781. The summed E-state index contributed by atoms with van der Waals surface area (Å²) in [6, 6.07) is 5.84. The van der Waals surface area contributed by atoms with E-state index in [1.54, 1.807) is 23.2 Å². The number of carbonyl (C=O) groups is 1. The number of nitrogens with two attached hydrogens (primary N) is 1. The van der Waals surface area contributed by atoms with Gasteiger partial charge in [-0.05, 0) is 43.1 Å². The van der Waals surface area contributed by atoms with Crippen LogP contribution in [0.25, 0.3) is 5.69 Å². The first-order valence-corrected chi connectivity index (χ1v) is 6.85. The number of rotatable bonds is 3. The average Bonchev–Trinajstić information content (AvgIpc) is 3.16. The molecule has 1 atom stereocenters. The van der Waals surface area contributed by atoms with E-state index in [1.807, 2.05) is 0 Å². The lowest BCUT2D eigenvalue weighted by atomic mass is 10.1. The number of amides is 1. The summed E-state index contributed by atoms with van der Waals surface area (Å²) in [5, 5.41) is 7.83. The van der Waals surface area contributed by atoms with Crippen LogP contribution in [0.1, 0.15) is 16.9 Å². The molecular weight excluding hydrogens is 273 g/mol. The molecule has 0 bridgehead atoms. The highest BCUT2D eigenvalue weighted by Crippen LogP contribution is 2.17. The zero-order valence-corrected chi connectivity index (χ0v) is 11.4. The number of halogens is 1. The van der Waals surface area contributed by atoms with Crippen molar-refractivity contribution < 1.29 is 9.18 Å². The van der Waals surface area contributed by atoms with Gasteiger partial charge >= 0.3 is 0 Å².